The van der Waals surface area contributed by atoms with Gasteiger partial charge in [0, 0.05) is 10.5 Å². The lowest BCUT2D eigenvalue weighted by Crippen LogP contribution is -2.35. The Bertz CT molecular complexity index is 466. The van der Waals surface area contributed by atoms with Crippen molar-refractivity contribution in [1.82, 2.24) is 5.32 Å². The molecule has 2 aliphatic rings. The largest absolute Gasteiger partial charge is 0.313 e. The molecule has 0 aromatic heterocycles. The summed E-state index contributed by atoms with van der Waals surface area (Å²) >= 11 is 3.45. The molecular weight excluding hydrogens is 317 g/mol. The van der Waals surface area contributed by atoms with E-state index < -0.39 is 0 Å². The number of nitrogens with one attached hydrogen (secondary N) is 1. The average molecular weight is 340 g/mol. The fourth-order valence-corrected chi connectivity index (χ4v) is 4.49. The molecule has 3 unspecified atom stereocenters. The molecule has 3 atom stereocenters. The Morgan fingerprint density at radius 2 is 2.10 bits per heavy atom. The van der Waals surface area contributed by atoms with Gasteiger partial charge in [-0.1, -0.05) is 29.3 Å². The average Bonchev–Trinajstić information content (AvgIpc) is 2.91. The first-order valence-corrected chi connectivity index (χ1v) is 8.67. The highest BCUT2D eigenvalue weighted by molar-refractivity contribution is 9.10. The summed E-state index contributed by atoms with van der Waals surface area (Å²) in [4.78, 5) is 0. The lowest BCUT2D eigenvalue weighted by Gasteiger charge is -2.21. The SMILES string of the molecule is CCCNC(Cc1cc(Br)ccc1F)C1C2CCCC21. The maximum absolute atomic E-state index is 14.0. The van der Waals surface area contributed by atoms with Crippen LogP contribution in [0.15, 0.2) is 22.7 Å². The first-order chi connectivity index (χ1) is 9.70. The highest BCUT2D eigenvalue weighted by Gasteiger charge is 2.55. The second kappa shape index (κ2) is 6.15. The smallest absolute Gasteiger partial charge is 0.126 e. The molecule has 3 rings (SSSR count). The van der Waals surface area contributed by atoms with Crippen LogP contribution in [0.1, 0.15) is 38.2 Å². The Labute approximate surface area is 129 Å². The van der Waals surface area contributed by atoms with Crippen LogP contribution in [0.5, 0.6) is 0 Å². The lowest BCUT2D eigenvalue weighted by atomic mass is 9.96. The predicted molar refractivity (Wildman–Crippen MR) is 84.2 cm³/mol. The van der Waals surface area contributed by atoms with E-state index in [0.717, 1.165) is 47.2 Å². The molecule has 1 nitrogen and oxygen atoms in total. The summed E-state index contributed by atoms with van der Waals surface area (Å²) in [5, 5.41) is 3.67. The summed E-state index contributed by atoms with van der Waals surface area (Å²) in [6.45, 7) is 3.23. The highest BCUT2D eigenvalue weighted by atomic mass is 79.9. The second-order valence-corrected chi connectivity index (χ2v) is 7.25. The summed E-state index contributed by atoms with van der Waals surface area (Å²) in [7, 11) is 0. The third kappa shape index (κ3) is 2.94. The molecule has 1 aromatic rings. The van der Waals surface area contributed by atoms with E-state index in [4.69, 9.17) is 0 Å². The van der Waals surface area contributed by atoms with Gasteiger partial charge in [-0.05, 0) is 73.7 Å². The zero-order valence-electron chi connectivity index (χ0n) is 12.0. The zero-order valence-corrected chi connectivity index (χ0v) is 13.6. The molecule has 0 heterocycles. The van der Waals surface area contributed by atoms with Crippen molar-refractivity contribution in [2.75, 3.05) is 6.54 Å². The summed E-state index contributed by atoms with van der Waals surface area (Å²) in [6.07, 6.45) is 6.14. The summed E-state index contributed by atoms with van der Waals surface area (Å²) in [5.41, 5.74) is 0.845. The van der Waals surface area contributed by atoms with E-state index in [0.29, 0.717) is 6.04 Å². The van der Waals surface area contributed by atoms with Gasteiger partial charge in [-0.2, -0.15) is 0 Å². The molecule has 2 aliphatic carbocycles. The molecule has 0 bridgehead atoms. The number of fused-ring (bicyclic) bond motifs is 1. The summed E-state index contributed by atoms with van der Waals surface area (Å²) in [5.74, 6) is 2.55. The lowest BCUT2D eigenvalue weighted by molar-refractivity contribution is 0.399. The minimum Gasteiger partial charge on any atom is -0.313 e. The predicted octanol–water partition coefficient (Wildman–Crippen LogP) is 4.55. The molecule has 2 saturated carbocycles. The Morgan fingerprint density at radius 1 is 1.35 bits per heavy atom. The van der Waals surface area contributed by atoms with Gasteiger partial charge >= 0.3 is 0 Å². The van der Waals surface area contributed by atoms with Crippen LogP contribution in [-0.2, 0) is 6.42 Å². The van der Waals surface area contributed by atoms with Crippen LogP contribution in [0.25, 0.3) is 0 Å². The van der Waals surface area contributed by atoms with Crippen molar-refractivity contribution in [2.45, 2.75) is 45.1 Å². The fraction of sp³-hybridized carbons (Fsp3) is 0.647. The minimum absolute atomic E-state index is 0.0673. The molecule has 1 aromatic carbocycles. The number of rotatable bonds is 6. The van der Waals surface area contributed by atoms with E-state index in [9.17, 15) is 4.39 Å². The number of hydrogen-bond acceptors (Lipinski definition) is 1. The number of benzene rings is 1. The van der Waals surface area contributed by atoms with Gasteiger partial charge in [-0.3, -0.25) is 0 Å². The standard InChI is InChI=1S/C17H23BrFN/c1-2-8-20-16(17-13-4-3-5-14(13)17)10-11-9-12(18)6-7-15(11)19/h6-7,9,13-14,16-17,20H,2-5,8,10H2,1H3. The van der Waals surface area contributed by atoms with E-state index in [1.807, 2.05) is 6.07 Å². The Morgan fingerprint density at radius 3 is 2.80 bits per heavy atom. The number of halogens is 2. The first kappa shape index (κ1) is 14.5. The van der Waals surface area contributed by atoms with Crippen LogP contribution in [-0.4, -0.2) is 12.6 Å². The van der Waals surface area contributed by atoms with Crippen LogP contribution in [0.3, 0.4) is 0 Å². The Kier molecular flexibility index (Phi) is 4.46. The molecule has 2 fully saturated rings. The van der Waals surface area contributed by atoms with Crippen molar-refractivity contribution >= 4 is 15.9 Å². The van der Waals surface area contributed by atoms with Crippen molar-refractivity contribution < 1.29 is 4.39 Å². The quantitative estimate of drug-likeness (QED) is 0.801. The van der Waals surface area contributed by atoms with Gasteiger partial charge in [0.15, 0.2) is 0 Å². The molecule has 3 heteroatoms. The Hall–Kier alpha value is -0.410. The third-order valence-corrected chi connectivity index (χ3v) is 5.53. The van der Waals surface area contributed by atoms with Crippen LogP contribution in [0.4, 0.5) is 4.39 Å². The van der Waals surface area contributed by atoms with E-state index in [-0.39, 0.29) is 5.82 Å². The molecule has 20 heavy (non-hydrogen) atoms. The van der Waals surface area contributed by atoms with Gasteiger partial charge in [-0.25, -0.2) is 4.39 Å². The van der Waals surface area contributed by atoms with Crippen molar-refractivity contribution in [1.29, 1.82) is 0 Å². The monoisotopic (exact) mass is 339 g/mol. The maximum atomic E-state index is 14.0. The molecule has 110 valence electrons. The van der Waals surface area contributed by atoms with Gasteiger partial charge in [-0.15, -0.1) is 0 Å². The molecule has 0 spiro atoms. The number of hydrogen-bond donors (Lipinski definition) is 1. The van der Waals surface area contributed by atoms with Crippen molar-refractivity contribution in [2.24, 2.45) is 17.8 Å². The third-order valence-electron chi connectivity index (χ3n) is 5.04. The molecule has 0 saturated heterocycles. The van der Waals surface area contributed by atoms with Gasteiger partial charge < -0.3 is 5.32 Å². The van der Waals surface area contributed by atoms with Crippen molar-refractivity contribution in [3.8, 4) is 0 Å². The van der Waals surface area contributed by atoms with Crippen molar-refractivity contribution in [3.05, 3.63) is 34.1 Å². The Balaban J connectivity index is 1.71. The van der Waals surface area contributed by atoms with Crippen LogP contribution >= 0.6 is 15.9 Å². The van der Waals surface area contributed by atoms with Crippen molar-refractivity contribution in [3.63, 3.8) is 0 Å². The van der Waals surface area contributed by atoms with Gasteiger partial charge in [0.1, 0.15) is 5.82 Å². The summed E-state index contributed by atoms with van der Waals surface area (Å²) < 4.78 is 14.9. The van der Waals surface area contributed by atoms with E-state index in [1.165, 1.54) is 19.3 Å². The fourth-order valence-electron chi connectivity index (χ4n) is 4.08. The maximum Gasteiger partial charge on any atom is 0.126 e. The van der Waals surface area contributed by atoms with E-state index in [2.05, 4.69) is 28.2 Å². The van der Waals surface area contributed by atoms with Crippen LogP contribution in [0.2, 0.25) is 0 Å². The van der Waals surface area contributed by atoms with Crippen LogP contribution < -0.4 is 5.32 Å². The molecule has 0 aliphatic heterocycles. The molecule has 0 amide bonds. The van der Waals surface area contributed by atoms with Gasteiger partial charge in [0.25, 0.3) is 0 Å². The van der Waals surface area contributed by atoms with Crippen LogP contribution in [0, 0.1) is 23.6 Å². The zero-order chi connectivity index (χ0) is 14.1. The topological polar surface area (TPSA) is 12.0 Å². The van der Waals surface area contributed by atoms with Gasteiger partial charge in [0.2, 0.25) is 0 Å². The van der Waals surface area contributed by atoms with Gasteiger partial charge in [0.05, 0.1) is 0 Å². The second-order valence-electron chi connectivity index (χ2n) is 6.34. The van der Waals surface area contributed by atoms with E-state index >= 15 is 0 Å². The molecule has 1 N–H and O–H groups in total. The highest BCUT2D eigenvalue weighted by Crippen LogP contribution is 2.59. The minimum atomic E-state index is -0.0673. The van der Waals surface area contributed by atoms with E-state index in [1.54, 1.807) is 12.1 Å². The molecular formula is C17H23BrFN. The first-order valence-electron chi connectivity index (χ1n) is 7.88. The molecule has 0 radical (unpaired) electrons. The summed E-state index contributed by atoms with van der Waals surface area (Å²) in [6, 6.07) is 5.74. The normalized spacial score (nSPS) is 29.2.